The highest BCUT2D eigenvalue weighted by atomic mass is 79.9. The number of nitrogens with zero attached hydrogens (tertiary/aromatic N) is 4. The summed E-state index contributed by atoms with van der Waals surface area (Å²) in [7, 11) is 0. The van der Waals surface area contributed by atoms with Crippen molar-refractivity contribution in [2.75, 3.05) is 5.32 Å². The molecule has 3 heterocycles. The summed E-state index contributed by atoms with van der Waals surface area (Å²) in [6, 6.07) is 0. The van der Waals surface area contributed by atoms with E-state index in [0.29, 0.717) is 6.54 Å². The predicted octanol–water partition coefficient (Wildman–Crippen LogP) is 2.87. The summed E-state index contributed by atoms with van der Waals surface area (Å²) in [5, 5.41) is 4.31. The number of anilines is 1. The van der Waals surface area contributed by atoms with Crippen LogP contribution in [0, 0.1) is 6.92 Å². The normalized spacial score (nSPS) is 11.0. The number of fused-ring (bicyclic) bond motifs is 1. The molecule has 0 fully saturated rings. The standard InChI is InChI=1S/C11H10BrN5S/c1-7-4-14-9(18-7)5-15-10-11-13-2-3-17(11)6-8(12)16-10/h2-4,6H,5H2,1H3,(H,15,16). The van der Waals surface area contributed by atoms with E-state index in [4.69, 9.17) is 0 Å². The first-order chi connectivity index (χ1) is 8.72. The van der Waals surface area contributed by atoms with E-state index in [1.54, 1.807) is 17.5 Å². The third-order valence-corrected chi connectivity index (χ3v) is 3.72. The van der Waals surface area contributed by atoms with E-state index in [0.717, 1.165) is 21.1 Å². The van der Waals surface area contributed by atoms with Crippen molar-refractivity contribution in [3.8, 4) is 0 Å². The Labute approximate surface area is 116 Å². The zero-order valence-electron chi connectivity index (χ0n) is 9.59. The predicted molar refractivity (Wildman–Crippen MR) is 74.9 cm³/mol. The Hall–Kier alpha value is -1.47. The fourth-order valence-electron chi connectivity index (χ4n) is 1.66. The second-order valence-electron chi connectivity index (χ2n) is 3.79. The first-order valence-corrected chi connectivity index (χ1v) is 6.98. The Bertz CT molecular complexity index is 690. The molecule has 0 aliphatic rings. The lowest BCUT2D eigenvalue weighted by Gasteiger charge is -2.05. The van der Waals surface area contributed by atoms with Crippen LogP contribution in [-0.2, 0) is 6.54 Å². The lowest BCUT2D eigenvalue weighted by atomic mass is 10.5. The minimum Gasteiger partial charge on any atom is -0.360 e. The molecular formula is C11H10BrN5S. The van der Waals surface area contributed by atoms with E-state index < -0.39 is 0 Å². The van der Waals surface area contributed by atoms with E-state index >= 15 is 0 Å². The van der Waals surface area contributed by atoms with Gasteiger partial charge in [0.25, 0.3) is 0 Å². The van der Waals surface area contributed by atoms with Crippen molar-refractivity contribution < 1.29 is 0 Å². The van der Waals surface area contributed by atoms with Crippen LogP contribution >= 0.6 is 27.3 Å². The number of thiazole rings is 1. The van der Waals surface area contributed by atoms with Gasteiger partial charge in [-0.3, -0.25) is 0 Å². The lowest BCUT2D eigenvalue weighted by Crippen LogP contribution is -2.03. The van der Waals surface area contributed by atoms with Crippen molar-refractivity contribution >= 4 is 38.7 Å². The number of aryl methyl sites for hydroxylation is 1. The van der Waals surface area contributed by atoms with Gasteiger partial charge in [-0.1, -0.05) is 0 Å². The molecule has 0 unspecified atom stereocenters. The molecule has 5 nitrogen and oxygen atoms in total. The van der Waals surface area contributed by atoms with E-state index in [2.05, 4.69) is 36.2 Å². The maximum Gasteiger partial charge on any atom is 0.180 e. The van der Waals surface area contributed by atoms with Gasteiger partial charge in [0.15, 0.2) is 11.5 Å². The average molecular weight is 324 g/mol. The van der Waals surface area contributed by atoms with Crippen LogP contribution in [0.4, 0.5) is 5.82 Å². The maximum atomic E-state index is 4.39. The van der Waals surface area contributed by atoms with Gasteiger partial charge in [0.05, 0.1) is 6.54 Å². The summed E-state index contributed by atoms with van der Waals surface area (Å²) >= 11 is 5.06. The van der Waals surface area contributed by atoms with E-state index in [-0.39, 0.29) is 0 Å². The molecule has 92 valence electrons. The number of rotatable bonds is 3. The van der Waals surface area contributed by atoms with Gasteiger partial charge >= 0.3 is 0 Å². The zero-order valence-corrected chi connectivity index (χ0v) is 12.0. The van der Waals surface area contributed by atoms with Crippen molar-refractivity contribution in [1.29, 1.82) is 0 Å². The Kier molecular flexibility index (Phi) is 3.00. The molecule has 0 aromatic carbocycles. The molecule has 0 amide bonds. The van der Waals surface area contributed by atoms with Crippen molar-refractivity contribution in [3.05, 3.63) is 39.3 Å². The number of nitrogens with one attached hydrogen (secondary N) is 1. The van der Waals surface area contributed by atoms with Crippen molar-refractivity contribution in [1.82, 2.24) is 19.4 Å². The minimum atomic E-state index is 0.657. The Morgan fingerprint density at radius 1 is 1.44 bits per heavy atom. The van der Waals surface area contributed by atoms with Crippen LogP contribution in [-0.4, -0.2) is 19.4 Å². The number of imidazole rings is 1. The molecule has 0 atom stereocenters. The fourth-order valence-corrected chi connectivity index (χ4v) is 2.79. The summed E-state index contributed by atoms with van der Waals surface area (Å²) in [6.45, 7) is 2.70. The van der Waals surface area contributed by atoms with E-state index in [1.807, 2.05) is 29.9 Å². The number of hydrogen-bond acceptors (Lipinski definition) is 5. The number of hydrogen-bond donors (Lipinski definition) is 1. The van der Waals surface area contributed by atoms with E-state index in [1.165, 1.54) is 4.88 Å². The SMILES string of the molecule is Cc1cnc(CNc2nc(Br)cn3ccnc23)s1. The van der Waals surface area contributed by atoms with Crippen molar-refractivity contribution in [2.45, 2.75) is 13.5 Å². The molecule has 3 aromatic rings. The Morgan fingerprint density at radius 2 is 2.33 bits per heavy atom. The monoisotopic (exact) mass is 323 g/mol. The van der Waals surface area contributed by atoms with E-state index in [9.17, 15) is 0 Å². The van der Waals surface area contributed by atoms with Crippen LogP contribution in [0.25, 0.3) is 5.65 Å². The molecule has 18 heavy (non-hydrogen) atoms. The third kappa shape index (κ3) is 2.23. The minimum absolute atomic E-state index is 0.657. The fraction of sp³-hybridized carbons (Fsp3) is 0.182. The largest absolute Gasteiger partial charge is 0.360 e. The van der Waals surface area contributed by atoms with Crippen LogP contribution in [0.5, 0.6) is 0 Å². The molecule has 0 saturated carbocycles. The summed E-state index contributed by atoms with van der Waals surface area (Å²) in [6.07, 6.45) is 7.39. The zero-order chi connectivity index (χ0) is 12.5. The van der Waals surface area contributed by atoms with Crippen molar-refractivity contribution in [3.63, 3.8) is 0 Å². The van der Waals surface area contributed by atoms with Crippen molar-refractivity contribution in [2.24, 2.45) is 0 Å². The van der Waals surface area contributed by atoms with Gasteiger partial charge in [0, 0.05) is 29.7 Å². The quantitative estimate of drug-likeness (QED) is 0.805. The maximum absolute atomic E-state index is 4.39. The Balaban J connectivity index is 1.87. The molecule has 0 aliphatic heterocycles. The molecule has 0 bridgehead atoms. The van der Waals surface area contributed by atoms with Crippen LogP contribution in [0.1, 0.15) is 9.88 Å². The second kappa shape index (κ2) is 4.66. The molecule has 3 aromatic heterocycles. The second-order valence-corrected chi connectivity index (χ2v) is 5.92. The summed E-state index contributed by atoms with van der Waals surface area (Å²) in [4.78, 5) is 14.2. The third-order valence-electron chi connectivity index (χ3n) is 2.42. The summed E-state index contributed by atoms with van der Waals surface area (Å²) < 4.78 is 2.69. The van der Waals surface area contributed by atoms with Crippen LogP contribution in [0.15, 0.2) is 29.4 Å². The molecule has 3 rings (SSSR count). The Morgan fingerprint density at radius 3 is 3.11 bits per heavy atom. The summed E-state index contributed by atoms with van der Waals surface area (Å²) in [5.41, 5.74) is 0.812. The van der Waals surface area contributed by atoms with Gasteiger partial charge < -0.3 is 9.72 Å². The highest BCUT2D eigenvalue weighted by Gasteiger charge is 2.07. The molecule has 7 heteroatoms. The summed E-state index contributed by atoms with van der Waals surface area (Å²) in [5.74, 6) is 0.752. The highest BCUT2D eigenvalue weighted by Crippen LogP contribution is 2.18. The van der Waals surface area contributed by atoms with Gasteiger partial charge in [0.2, 0.25) is 0 Å². The number of halogens is 1. The topological polar surface area (TPSA) is 55.1 Å². The lowest BCUT2D eigenvalue weighted by molar-refractivity contribution is 1.04. The molecule has 0 aliphatic carbocycles. The molecule has 0 spiro atoms. The van der Waals surface area contributed by atoms with Crippen LogP contribution < -0.4 is 5.32 Å². The smallest absolute Gasteiger partial charge is 0.180 e. The van der Waals surface area contributed by atoms with Gasteiger partial charge in [-0.2, -0.15) is 0 Å². The average Bonchev–Trinajstić information content (AvgIpc) is 2.94. The molecule has 1 N–H and O–H groups in total. The van der Waals surface area contributed by atoms with Gasteiger partial charge in [-0.25, -0.2) is 15.0 Å². The highest BCUT2D eigenvalue weighted by molar-refractivity contribution is 9.10. The molecule has 0 radical (unpaired) electrons. The van der Waals surface area contributed by atoms with Crippen LogP contribution in [0.2, 0.25) is 0 Å². The molecule has 0 saturated heterocycles. The number of aromatic nitrogens is 4. The van der Waals surface area contributed by atoms with Gasteiger partial charge in [-0.15, -0.1) is 11.3 Å². The van der Waals surface area contributed by atoms with Gasteiger partial charge in [0.1, 0.15) is 9.61 Å². The molecular weight excluding hydrogens is 314 g/mol. The first-order valence-electron chi connectivity index (χ1n) is 5.37. The van der Waals surface area contributed by atoms with Crippen LogP contribution in [0.3, 0.4) is 0 Å². The van der Waals surface area contributed by atoms with Gasteiger partial charge in [-0.05, 0) is 22.9 Å². The first kappa shape index (κ1) is 11.6.